The number of Topliss-reactive ketones (excluding diaryl/α,β-unsaturated/α-hetero) is 1. The second kappa shape index (κ2) is 5.68. The summed E-state index contributed by atoms with van der Waals surface area (Å²) in [6.45, 7) is 0. The number of carbonyl (C=O) groups excluding carboxylic acids is 1. The van der Waals surface area contributed by atoms with Gasteiger partial charge in [0, 0.05) is 16.0 Å². The van der Waals surface area contributed by atoms with Crippen molar-refractivity contribution in [1.82, 2.24) is 0 Å². The molecule has 0 saturated heterocycles. The van der Waals surface area contributed by atoms with Crippen LogP contribution in [0.5, 0.6) is 0 Å². The molecular weight excluding hydrogens is 264 g/mol. The van der Waals surface area contributed by atoms with Gasteiger partial charge in [0.25, 0.3) is 0 Å². The van der Waals surface area contributed by atoms with Crippen molar-refractivity contribution in [2.24, 2.45) is 0 Å². The Morgan fingerprint density at radius 1 is 1.00 bits per heavy atom. The molecule has 0 atom stereocenters. The average molecular weight is 280 g/mol. The number of benzene rings is 2. The molecule has 0 spiro atoms. The third kappa shape index (κ3) is 2.56. The van der Waals surface area contributed by atoms with Crippen LogP contribution in [0.15, 0.2) is 59.0 Å². The van der Waals surface area contributed by atoms with Gasteiger partial charge in [-0.05, 0) is 48.4 Å². The molecule has 0 amide bonds. The minimum absolute atomic E-state index is 0.181. The molecule has 100 valence electrons. The van der Waals surface area contributed by atoms with Crippen LogP contribution >= 0.6 is 11.8 Å². The predicted octanol–water partition coefficient (Wildman–Crippen LogP) is 4.62. The molecule has 0 radical (unpaired) electrons. The molecule has 0 heterocycles. The standard InChI is InChI=1S/C18H16OS/c1-20-16-10-6-13(7-11-16)12-15-9-8-14-4-2-3-5-17(14)18(15)19/h2-7,10-12H,8-9H2,1H3. The lowest BCUT2D eigenvalue weighted by Gasteiger charge is -2.17. The van der Waals surface area contributed by atoms with Crippen LogP contribution in [-0.4, -0.2) is 12.0 Å². The quantitative estimate of drug-likeness (QED) is 0.590. The highest BCUT2D eigenvalue weighted by Gasteiger charge is 2.20. The Kier molecular flexibility index (Phi) is 3.75. The molecule has 0 unspecified atom stereocenters. The van der Waals surface area contributed by atoms with E-state index in [1.807, 2.05) is 24.3 Å². The molecule has 2 aromatic carbocycles. The fourth-order valence-electron chi connectivity index (χ4n) is 2.55. The Labute approximate surface area is 123 Å². The van der Waals surface area contributed by atoms with E-state index in [1.165, 1.54) is 10.5 Å². The van der Waals surface area contributed by atoms with E-state index in [-0.39, 0.29) is 5.78 Å². The summed E-state index contributed by atoms with van der Waals surface area (Å²) in [5, 5.41) is 0. The van der Waals surface area contributed by atoms with E-state index in [4.69, 9.17) is 0 Å². The van der Waals surface area contributed by atoms with E-state index >= 15 is 0 Å². The van der Waals surface area contributed by atoms with E-state index < -0.39 is 0 Å². The highest BCUT2D eigenvalue weighted by molar-refractivity contribution is 7.98. The molecule has 2 aromatic rings. The Morgan fingerprint density at radius 2 is 1.75 bits per heavy atom. The Bertz CT molecular complexity index is 668. The summed E-state index contributed by atoms with van der Waals surface area (Å²) < 4.78 is 0. The maximum atomic E-state index is 12.5. The maximum Gasteiger partial charge on any atom is 0.189 e. The summed E-state index contributed by atoms with van der Waals surface area (Å²) in [6.07, 6.45) is 5.88. The Balaban J connectivity index is 1.91. The van der Waals surface area contributed by atoms with Crippen LogP contribution < -0.4 is 0 Å². The number of aryl methyl sites for hydroxylation is 1. The number of rotatable bonds is 2. The van der Waals surface area contributed by atoms with Gasteiger partial charge < -0.3 is 0 Å². The maximum absolute atomic E-state index is 12.5. The Hall–Kier alpha value is -1.80. The van der Waals surface area contributed by atoms with E-state index in [9.17, 15) is 4.79 Å². The van der Waals surface area contributed by atoms with Gasteiger partial charge in [-0.3, -0.25) is 4.79 Å². The topological polar surface area (TPSA) is 17.1 Å². The monoisotopic (exact) mass is 280 g/mol. The van der Waals surface area contributed by atoms with Crippen LogP contribution in [0.25, 0.3) is 6.08 Å². The summed E-state index contributed by atoms with van der Waals surface area (Å²) in [5.74, 6) is 0.181. The molecule has 20 heavy (non-hydrogen) atoms. The first kappa shape index (κ1) is 13.2. The molecule has 0 saturated carbocycles. The van der Waals surface area contributed by atoms with Gasteiger partial charge in [0.1, 0.15) is 0 Å². The summed E-state index contributed by atoms with van der Waals surface area (Å²) in [5.41, 5.74) is 4.06. The summed E-state index contributed by atoms with van der Waals surface area (Å²) in [4.78, 5) is 13.7. The smallest absolute Gasteiger partial charge is 0.189 e. The third-order valence-electron chi connectivity index (χ3n) is 3.67. The molecule has 0 aliphatic heterocycles. The molecule has 2 heteroatoms. The van der Waals surface area contributed by atoms with Crippen molar-refractivity contribution >= 4 is 23.6 Å². The van der Waals surface area contributed by atoms with Gasteiger partial charge in [0.2, 0.25) is 0 Å². The van der Waals surface area contributed by atoms with Crippen molar-refractivity contribution in [1.29, 1.82) is 0 Å². The number of carbonyl (C=O) groups is 1. The molecule has 1 aliphatic carbocycles. The molecule has 0 N–H and O–H groups in total. The Morgan fingerprint density at radius 3 is 2.50 bits per heavy atom. The minimum atomic E-state index is 0.181. The van der Waals surface area contributed by atoms with Gasteiger partial charge >= 0.3 is 0 Å². The molecule has 1 aliphatic rings. The van der Waals surface area contributed by atoms with Gasteiger partial charge in [-0.1, -0.05) is 36.4 Å². The van der Waals surface area contributed by atoms with Gasteiger partial charge in [-0.2, -0.15) is 0 Å². The van der Waals surface area contributed by atoms with Crippen LogP contribution in [0.1, 0.15) is 27.9 Å². The number of hydrogen-bond donors (Lipinski definition) is 0. The van der Waals surface area contributed by atoms with Crippen LogP contribution in [0.2, 0.25) is 0 Å². The second-order valence-electron chi connectivity index (χ2n) is 4.93. The van der Waals surface area contributed by atoms with E-state index in [0.717, 1.165) is 29.5 Å². The first-order chi connectivity index (χ1) is 9.78. The zero-order chi connectivity index (χ0) is 13.9. The zero-order valence-corrected chi connectivity index (χ0v) is 12.2. The lowest BCUT2D eigenvalue weighted by molar-refractivity contribution is 0.102. The van der Waals surface area contributed by atoms with Gasteiger partial charge in [0.05, 0.1) is 0 Å². The van der Waals surface area contributed by atoms with Crippen LogP contribution in [0.4, 0.5) is 0 Å². The van der Waals surface area contributed by atoms with Crippen molar-refractivity contribution in [2.75, 3.05) is 6.26 Å². The van der Waals surface area contributed by atoms with Gasteiger partial charge in [-0.25, -0.2) is 0 Å². The first-order valence-electron chi connectivity index (χ1n) is 6.75. The minimum Gasteiger partial charge on any atom is -0.289 e. The van der Waals surface area contributed by atoms with Crippen molar-refractivity contribution in [3.63, 3.8) is 0 Å². The van der Waals surface area contributed by atoms with E-state index in [2.05, 4.69) is 36.6 Å². The van der Waals surface area contributed by atoms with Crippen molar-refractivity contribution in [2.45, 2.75) is 17.7 Å². The fraction of sp³-hybridized carbons (Fsp3) is 0.167. The first-order valence-corrected chi connectivity index (χ1v) is 7.97. The summed E-state index contributed by atoms with van der Waals surface area (Å²) in [7, 11) is 0. The molecule has 3 rings (SSSR count). The number of ketones is 1. The normalized spacial score (nSPS) is 16.2. The summed E-state index contributed by atoms with van der Waals surface area (Å²) >= 11 is 1.73. The SMILES string of the molecule is CSc1ccc(C=C2CCc3ccccc3C2=O)cc1. The molecule has 1 nitrogen and oxygen atoms in total. The number of thioether (sulfide) groups is 1. The average Bonchev–Trinajstić information content (AvgIpc) is 2.51. The number of fused-ring (bicyclic) bond motifs is 1. The van der Waals surface area contributed by atoms with Crippen LogP contribution in [0, 0.1) is 0 Å². The van der Waals surface area contributed by atoms with E-state index in [1.54, 1.807) is 11.8 Å². The zero-order valence-electron chi connectivity index (χ0n) is 11.4. The molecule has 0 fully saturated rings. The third-order valence-corrected chi connectivity index (χ3v) is 4.42. The van der Waals surface area contributed by atoms with Gasteiger partial charge in [-0.15, -0.1) is 11.8 Å². The number of hydrogen-bond acceptors (Lipinski definition) is 2. The highest BCUT2D eigenvalue weighted by atomic mass is 32.2. The van der Waals surface area contributed by atoms with E-state index in [0.29, 0.717) is 0 Å². The van der Waals surface area contributed by atoms with Crippen molar-refractivity contribution in [3.05, 3.63) is 70.8 Å². The predicted molar refractivity (Wildman–Crippen MR) is 85.3 cm³/mol. The highest BCUT2D eigenvalue weighted by Crippen LogP contribution is 2.26. The lowest BCUT2D eigenvalue weighted by Crippen LogP contribution is -2.13. The molecule has 0 bridgehead atoms. The largest absolute Gasteiger partial charge is 0.289 e. The summed E-state index contributed by atoms with van der Waals surface area (Å²) in [6, 6.07) is 16.3. The van der Waals surface area contributed by atoms with Crippen molar-refractivity contribution < 1.29 is 4.79 Å². The van der Waals surface area contributed by atoms with Crippen LogP contribution in [0.3, 0.4) is 0 Å². The lowest BCUT2D eigenvalue weighted by atomic mass is 9.86. The molecular formula is C18H16OS. The van der Waals surface area contributed by atoms with Crippen molar-refractivity contribution in [3.8, 4) is 0 Å². The van der Waals surface area contributed by atoms with Gasteiger partial charge in [0.15, 0.2) is 5.78 Å². The second-order valence-corrected chi connectivity index (χ2v) is 5.81. The van der Waals surface area contributed by atoms with Crippen LogP contribution in [-0.2, 0) is 6.42 Å². The number of allylic oxidation sites excluding steroid dienone is 1. The fourth-order valence-corrected chi connectivity index (χ4v) is 2.96. The molecule has 0 aromatic heterocycles.